The van der Waals surface area contributed by atoms with Crippen LogP contribution >= 0.6 is 11.6 Å². The highest BCUT2D eigenvalue weighted by Gasteiger charge is 1.95. The van der Waals surface area contributed by atoms with E-state index in [-0.39, 0.29) is 0 Å². The molecule has 0 aromatic rings. The molecule has 0 radical (unpaired) electrons. The number of hydrogen-bond acceptors (Lipinski definition) is 1. The predicted octanol–water partition coefficient (Wildman–Crippen LogP) is 3.55. The smallest absolute Gasteiger partial charge is 0.317 e. The van der Waals surface area contributed by atoms with Crippen molar-refractivity contribution >= 4 is 11.6 Å². The Labute approximate surface area is 67.4 Å². The van der Waals surface area contributed by atoms with Crippen molar-refractivity contribution in [1.82, 2.24) is 0 Å². The molecule has 0 aliphatic rings. The minimum atomic E-state index is -2.48. The SMILES string of the molecule is C=COC=C.FC(F)=C(F)Cl. The van der Waals surface area contributed by atoms with E-state index >= 15 is 0 Å². The Morgan fingerprint density at radius 2 is 1.45 bits per heavy atom. The Hall–Kier alpha value is -0.900. The van der Waals surface area contributed by atoms with Gasteiger partial charge in [-0.15, -0.1) is 0 Å². The molecule has 0 spiro atoms. The van der Waals surface area contributed by atoms with Gasteiger partial charge in [0.2, 0.25) is 0 Å². The van der Waals surface area contributed by atoms with Crippen molar-refractivity contribution in [1.29, 1.82) is 0 Å². The van der Waals surface area contributed by atoms with Gasteiger partial charge in [-0.1, -0.05) is 13.2 Å². The van der Waals surface area contributed by atoms with Crippen LogP contribution in [0.2, 0.25) is 0 Å². The normalized spacial score (nSPS) is 6.91. The van der Waals surface area contributed by atoms with Crippen molar-refractivity contribution in [2.24, 2.45) is 0 Å². The lowest BCUT2D eigenvalue weighted by molar-refractivity contribution is 0.393. The molecule has 11 heavy (non-hydrogen) atoms. The molecule has 0 N–H and O–H groups in total. The van der Waals surface area contributed by atoms with Gasteiger partial charge in [0.05, 0.1) is 12.5 Å². The summed E-state index contributed by atoms with van der Waals surface area (Å²) >= 11 is 4.08. The van der Waals surface area contributed by atoms with Gasteiger partial charge < -0.3 is 4.74 Å². The van der Waals surface area contributed by atoms with Crippen molar-refractivity contribution < 1.29 is 17.9 Å². The number of rotatable bonds is 2. The van der Waals surface area contributed by atoms with E-state index in [9.17, 15) is 13.2 Å². The van der Waals surface area contributed by atoms with Crippen molar-refractivity contribution in [3.8, 4) is 0 Å². The van der Waals surface area contributed by atoms with Gasteiger partial charge in [0, 0.05) is 0 Å². The molecule has 64 valence electrons. The van der Waals surface area contributed by atoms with Crippen LogP contribution in [0.25, 0.3) is 0 Å². The first-order valence-electron chi connectivity index (χ1n) is 2.29. The lowest BCUT2D eigenvalue weighted by Gasteiger charge is -1.76. The number of halogens is 4. The molecule has 0 unspecified atom stereocenters. The summed E-state index contributed by atoms with van der Waals surface area (Å²) in [5.74, 6) is 0. The van der Waals surface area contributed by atoms with Gasteiger partial charge in [0.15, 0.2) is 0 Å². The zero-order valence-corrected chi connectivity index (χ0v) is 6.24. The molecule has 0 aliphatic carbocycles. The molecule has 0 atom stereocenters. The minimum absolute atomic E-state index is 1.31. The molecule has 0 saturated heterocycles. The van der Waals surface area contributed by atoms with E-state index in [0.29, 0.717) is 0 Å². The topological polar surface area (TPSA) is 9.23 Å². The predicted molar refractivity (Wildman–Crippen MR) is 37.7 cm³/mol. The summed E-state index contributed by atoms with van der Waals surface area (Å²) in [4.78, 5) is 0. The van der Waals surface area contributed by atoms with Crippen LogP contribution < -0.4 is 0 Å². The highest BCUT2D eigenvalue weighted by molar-refractivity contribution is 6.28. The summed E-state index contributed by atoms with van der Waals surface area (Å²) in [5.41, 5.74) is 0. The van der Waals surface area contributed by atoms with Gasteiger partial charge in [0.25, 0.3) is 5.29 Å². The summed E-state index contributed by atoms with van der Waals surface area (Å²) in [6.45, 7) is 6.51. The third kappa shape index (κ3) is 17.6. The third-order valence-corrected chi connectivity index (χ3v) is 0.478. The largest absolute Gasteiger partial charge is 0.474 e. The van der Waals surface area contributed by atoms with Crippen molar-refractivity contribution in [2.75, 3.05) is 0 Å². The van der Waals surface area contributed by atoms with E-state index in [2.05, 4.69) is 29.5 Å². The van der Waals surface area contributed by atoms with Crippen LogP contribution in [0.5, 0.6) is 0 Å². The maximum Gasteiger partial charge on any atom is 0.317 e. The summed E-state index contributed by atoms with van der Waals surface area (Å²) in [6, 6.07) is 0. The van der Waals surface area contributed by atoms with Gasteiger partial charge in [-0.2, -0.15) is 13.2 Å². The summed E-state index contributed by atoms with van der Waals surface area (Å²) in [6.07, 6.45) is 0.150. The van der Waals surface area contributed by atoms with E-state index < -0.39 is 11.4 Å². The monoisotopic (exact) mass is 186 g/mol. The maximum atomic E-state index is 10.7. The van der Waals surface area contributed by atoms with E-state index in [1.807, 2.05) is 0 Å². The highest BCUT2D eigenvalue weighted by Crippen LogP contribution is 2.11. The van der Waals surface area contributed by atoms with Gasteiger partial charge >= 0.3 is 6.08 Å². The fourth-order valence-corrected chi connectivity index (χ4v) is 0.0680. The van der Waals surface area contributed by atoms with Crippen LogP contribution in [-0.2, 0) is 4.74 Å². The lowest BCUT2D eigenvalue weighted by atomic mass is 11.1. The van der Waals surface area contributed by atoms with Gasteiger partial charge in [0.1, 0.15) is 0 Å². The van der Waals surface area contributed by atoms with Crippen molar-refractivity contribution in [2.45, 2.75) is 0 Å². The Bertz CT molecular complexity index is 132. The van der Waals surface area contributed by atoms with E-state index in [1.165, 1.54) is 12.5 Å². The van der Waals surface area contributed by atoms with E-state index in [4.69, 9.17) is 0 Å². The Kier molecular flexibility index (Phi) is 10.5. The first kappa shape index (κ1) is 12.7. The molecule has 0 aromatic carbocycles. The molecule has 1 nitrogen and oxygen atoms in total. The van der Waals surface area contributed by atoms with Crippen molar-refractivity contribution in [3.05, 3.63) is 37.0 Å². The van der Waals surface area contributed by atoms with E-state index in [1.54, 1.807) is 0 Å². The minimum Gasteiger partial charge on any atom is -0.474 e. The molecular weight excluding hydrogens is 181 g/mol. The first-order chi connectivity index (χ1) is 5.06. The van der Waals surface area contributed by atoms with Crippen LogP contribution in [0, 0.1) is 0 Å². The second kappa shape index (κ2) is 9.10. The molecule has 0 bridgehead atoms. The molecule has 0 fully saturated rings. The zero-order chi connectivity index (χ0) is 9.28. The molecule has 0 aromatic heterocycles. The summed E-state index contributed by atoms with van der Waals surface area (Å²) < 4.78 is 36.1. The maximum absolute atomic E-state index is 10.7. The van der Waals surface area contributed by atoms with Gasteiger partial charge in [-0.3, -0.25) is 0 Å². The first-order valence-corrected chi connectivity index (χ1v) is 2.67. The van der Waals surface area contributed by atoms with Crippen LogP contribution in [-0.4, -0.2) is 0 Å². The third-order valence-electron chi connectivity index (χ3n) is 0.335. The van der Waals surface area contributed by atoms with E-state index in [0.717, 1.165) is 0 Å². The fourth-order valence-electron chi connectivity index (χ4n) is 0.0680. The summed E-state index contributed by atoms with van der Waals surface area (Å²) in [5, 5.41) is -1.94. The number of ether oxygens (including phenoxy) is 1. The molecule has 0 saturated carbocycles. The van der Waals surface area contributed by atoms with Crippen molar-refractivity contribution in [3.63, 3.8) is 0 Å². The highest BCUT2D eigenvalue weighted by atomic mass is 35.5. The average molecular weight is 187 g/mol. The van der Waals surface area contributed by atoms with Crippen LogP contribution in [0.3, 0.4) is 0 Å². The molecular formula is C6H6ClF3O. The molecule has 0 amide bonds. The lowest BCUT2D eigenvalue weighted by Crippen LogP contribution is -1.54. The van der Waals surface area contributed by atoms with Gasteiger partial charge in [-0.05, 0) is 11.6 Å². The average Bonchev–Trinajstić information content (AvgIpc) is 1.90. The fraction of sp³-hybridized carbons (Fsp3) is 0. The number of hydrogen-bond donors (Lipinski definition) is 0. The van der Waals surface area contributed by atoms with Crippen LogP contribution in [0.1, 0.15) is 0 Å². The van der Waals surface area contributed by atoms with Crippen LogP contribution in [0.15, 0.2) is 37.0 Å². The zero-order valence-electron chi connectivity index (χ0n) is 5.49. The molecule has 0 rings (SSSR count). The summed E-state index contributed by atoms with van der Waals surface area (Å²) in [7, 11) is 0. The standard InChI is InChI=1S/C4H6O.C2ClF3/c1-3-5-4-2;3-1(4)2(5)6/h3-4H,1-2H2;. The van der Waals surface area contributed by atoms with Crippen LogP contribution in [0.4, 0.5) is 13.2 Å². The second-order valence-electron chi connectivity index (χ2n) is 0.990. The Morgan fingerprint density at radius 3 is 1.45 bits per heavy atom. The molecule has 0 aliphatic heterocycles. The quantitative estimate of drug-likeness (QED) is 0.600. The van der Waals surface area contributed by atoms with Gasteiger partial charge in [-0.25, -0.2) is 0 Å². The Balaban J connectivity index is 0. The second-order valence-corrected chi connectivity index (χ2v) is 1.32. The molecule has 5 heteroatoms. The molecule has 0 heterocycles. The Morgan fingerprint density at radius 1 is 1.18 bits per heavy atom.